The molecule has 0 heterocycles. The monoisotopic (exact) mass is 422 g/mol. The summed E-state index contributed by atoms with van der Waals surface area (Å²) in [4.78, 5) is 0. The number of hydrogen-bond donors (Lipinski definition) is 1. The first-order valence-corrected chi connectivity index (χ1v) is 8.58. The molecule has 3 aromatic carbocycles. The van der Waals surface area contributed by atoms with Crippen molar-refractivity contribution in [2.24, 2.45) is 5.10 Å². The van der Waals surface area contributed by atoms with Crippen molar-refractivity contribution in [2.75, 3.05) is 12.5 Å². The van der Waals surface area contributed by atoms with E-state index in [2.05, 4.69) is 5.10 Å². The van der Waals surface area contributed by atoms with E-state index in [1.807, 2.05) is 35.8 Å². The van der Waals surface area contributed by atoms with Crippen LogP contribution in [0.25, 0.3) is 0 Å². The van der Waals surface area contributed by atoms with Crippen molar-refractivity contribution in [3.8, 4) is 11.5 Å². The predicted octanol–water partition coefficient (Wildman–Crippen LogP) is 5.42. The lowest BCUT2D eigenvalue weighted by Gasteiger charge is -2.13. The largest absolute Gasteiger partial charge is 0.493 e. The van der Waals surface area contributed by atoms with Crippen molar-refractivity contribution in [1.29, 1.82) is 0 Å². The lowest BCUT2D eigenvalue weighted by molar-refractivity contribution is 0.284. The molecule has 0 aliphatic heterocycles. The van der Waals surface area contributed by atoms with Crippen LogP contribution in [0.3, 0.4) is 0 Å². The molecule has 0 radical (unpaired) electrons. The first-order valence-electron chi connectivity index (χ1n) is 8.58. The number of nitrogens with one attached hydrogen (secondary N) is 1. The van der Waals surface area contributed by atoms with Crippen molar-refractivity contribution in [3.05, 3.63) is 88.7 Å². The number of hydrogen-bond acceptors (Lipinski definition) is 4. The summed E-state index contributed by atoms with van der Waals surface area (Å²) >= 11 is 0. The minimum absolute atomic E-state index is 0.202. The molecule has 1 N–H and O–H groups in total. The van der Waals surface area contributed by atoms with Crippen molar-refractivity contribution in [1.82, 2.24) is 0 Å². The number of anilines is 1. The Morgan fingerprint density at radius 3 is 2.10 bits per heavy atom. The highest BCUT2D eigenvalue weighted by Crippen LogP contribution is 2.31. The van der Waals surface area contributed by atoms with E-state index in [9.17, 15) is 22.0 Å². The van der Waals surface area contributed by atoms with Gasteiger partial charge in [0.15, 0.2) is 34.8 Å². The predicted molar refractivity (Wildman–Crippen MR) is 101 cm³/mol. The topological polar surface area (TPSA) is 42.8 Å². The van der Waals surface area contributed by atoms with Crippen molar-refractivity contribution in [3.63, 3.8) is 0 Å². The molecule has 0 atom stereocenters. The molecule has 0 saturated heterocycles. The minimum Gasteiger partial charge on any atom is -0.493 e. The summed E-state index contributed by atoms with van der Waals surface area (Å²) in [6, 6.07) is 14.1. The SMILES string of the molecule is COc1cccc(/C=N/Nc2c(F)c(F)c(F)c(F)c2F)c1OCc1ccccc1. The van der Waals surface area contributed by atoms with Gasteiger partial charge in [-0.2, -0.15) is 5.10 Å². The lowest BCUT2D eigenvalue weighted by Crippen LogP contribution is -2.07. The average molecular weight is 422 g/mol. The maximum Gasteiger partial charge on any atom is 0.200 e. The number of ether oxygens (including phenoxy) is 2. The number of halogens is 5. The Morgan fingerprint density at radius 1 is 0.833 bits per heavy atom. The minimum atomic E-state index is -2.25. The van der Waals surface area contributed by atoms with Gasteiger partial charge in [-0.05, 0) is 17.7 Å². The molecule has 0 aliphatic carbocycles. The molecule has 3 rings (SSSR count). The molecule has 0 saturated carbocycles. The molecule has 156 valence electrons. The Morgan fingerprint density at radius 2 is 1.47 bits per heavy atom. The number of para-hydroxylation sites is 1. The standard InChI is InChI=1S/C21H15F5N2O2/c1-29-14-9-5-8-13(21(14)30-11-12-6-3-2-4-7-12)10-27-28-20-18(25)16(23)15(22)17(24)19(20)26/h2-10,28H,11H2,1H3/b27-10+. The van der Waals surface area contributed by atoms with E-state index in [1.165, 1.54) is 7.11 Å². The first-order chi connectivity index (χ1) is 14.4. The van der Waals surface area contributed by atoms with Crippen LogP contribution in [-0.4, -0.2) is 13.3 Å². The fraction of sp³-hybridized carbons (Fsp3) is 0.0952. The summed E-state index contributed by atoms with van der Waals surface area (Å²) in [5.41, 5.74) is 1.82. The number of rotatable bonds is 7. The van der Waals surface area contributed by atoms with Crippen molar-refractivity contribution >= 4 is 11.9 Å². The van der Waals surface area contributed by atoms with E-state index < -0.39 is 34.8 Å². The second kappa shape index (κ2) is 9.25. The Labute approximate surface area is 168 Å². The van der Waals surface area contributed by atoms with Gasteiger partial charge in [-0.25, -0.2) is 22.0 Å². The third kappa shape index (κ3) is 4.35. The van der Waals surface area contributed by atoms with Crippen LogP contribution in [0.4, 0.5) is 27.6 Å². The number of methoxy groups -OCH3 is 1. The summed E-state index contributed by atoms with van der Waals surface area (Å²) in [7, 11) is 1.43. The van der Waals surface area contributed by atoms with Crippen LogP contribution in [0.15, 0.2) is 53.6 Å². The molecule has 0 spiro atoms. The third-order valence-electron chi connectivity index (χ3n) is 4.05. The van der Waals surface area contributed by atoms with Crippen LogP contribution in [0, 0.1) is 29.1 Å². The summed E-state index contributed by atoms with van der Waals surface area (Å²) in [6.45, 7) is 0.202. The molecular weight excluding hydrogens is 407 g/mol. The molecule has 30 heavy (non-hydrogen) atoms. The van der Waals surface area contributed by atoms with E-state index in [-0.39, 0.29) is 12.4 Å². The summed E-state index contributed by atoms with van der Waals surface area (Å²) in [5.74, 6) is -9.77. The maximum absolute atomic E-state index is 13.7. The highest BCUT2D eigenvalue weighted by atomic mass is 19.2. The number of benzene rings is 3. The maximum atomic E-state index is 13.7. The zero-order valence-electron chi connectivity index (χ0n) is 15.6. The second-order valence-corrected chi connectivity index (χ2v) is 5.97. The van der Waals surface area contributed by atoms with E-state index >= 15 is 0 Å². The average Bonchev–Trinajstić information content (AvgIpc) is 2.78. The lowest BCUT2D eigenvalue weighted by atomic mass is 10.2. The Bertz CT molecular complexity index is 1050. The fourth-order valence-electron chi connectivity index (χ4n) is 2.55. The molecule has 0 fully saturated rings. The van der Waals surface area contributed by atoms with Crippen LogP contribution in [0.1, 0.15) is 11.1 Å². The molecule has 4 nitrogen and oxygen atoms in total. The van der Waals surface area contributed by atoms with Gasteiger partial charge in [0, 0.05) is 5.56 Å². The van der Waals surface area contributed by atoms with Gasteiger partial charge in [-0.15, -0.1) is 0 Å². The number of nitrogens with zero attached hydrogens (tertiary/aromatic N) is 1. The third-order valence-corrected chi connectivity index (χ3v) is 4.05. The second-order valence-electron chi connectivity index (χ2n) is 5.97. The van der Waals surface area contributed by atoms with E-state index in [4.69, 9.17) is 9.47 Å². The Kier molecular flexibility index (Phi) is 6.51. The van der Waals surface area contributed by atoms with E-state index in [0.29, 0.717) is 11.3 Å². The fourth-order valence-corrected chi connectivity index (χ4v) is 2.55. The molecule has 0 aliphatic rings. The molecule has 0 amide bonds. The molecule has 0 bridgehead atoms. The van der Waals surface area contributed by atoms with Crippen LogP contribution in [0.2, 0.25) is 0 Å². The quantitative estimate of drug-likeness (QED) is 0.182. The molecule has 9 heteroatoms. The summed E-state index contributed by atoms with van der Waals surface area (Å²) in [6.07, 6.45) is 1.11. The van der Waals surface area contributed by atoms with Crippen molar-refractivity contribution < 1.29 is 31.4 Å². The molecule has 3 aromatic rings. The zero-order chi connectivity index (χ0) is 21.7. The molecule has 0 unspecified atom stereocenters. The zero-order valence-corrected chi connectivity index (χ0v) is 15.6. The van der Waals surface area contributed by atoms with Gasteiger partial charge < -0.3 is 9.47 Å². The Balaban J connectivity index is 1.86. The first kappa shape index (κ1) is 21.1. The van der Waals surface area contributed by atoms with E-state index in [0.717, 1.165) is 11.8 Å². The smallest absolute Gasteiger partial charge is 0.200 e. The van der Waals surface area contributed by atoms with Gasteiger partial charge in [0.25, 0.3) is 0 Å². The highest BCUT2D eigenvalue weighted by molar-refractivity contribution is 5.85. The van der Waals surface area contributed by atoms with Gasteiger partial charge >= 0.3 is 0 Å². The van der Waals surface area contributed by atoms with Gasteiger partial charge in [0.2, 0.25) is 5.82 Å². The van der Waals surface area contributed by atoms with Gasteiger partial charge in [-0.3, -0.25) is 5.43 Å². The van der Waals surface area contributed by atoms with Gasteiger partial charge in [-0.1, -0.05) is 36.4 Å². The highest BCUT2D eigenvalue weighted by Gasteiger charge is 2.25. The number of hydrazone groups is 1. The van der Waals surface area contributed by atoms with Crippen LogP contribution < -0.4 is 14.9 Å². The Hall–Kier alpha value is -3.62. The molecular formula is C21H15F5N2O2. The van der Waals surface area contributed by atoms with Crippen LogP contribution in [0.5, 0.6) is 11.5 Å². The van der Waals surface area contributed by atoms with E-state index in [1.54, 1.807) is 18.2 Å². The van der Waals surface area contributed by atoms with Crippen LogP contribution >= 0.6 is 0 Å². The normalized spacial score (nSPS) is 11.0. The summed E-state index contributed by atoms with van der Waals surface area (Å²) < 4.78 is 78.2. The van der Waals surface area contributed by atoms with Crippen molar-refractivity contribution in [2.45, 2.75) is 6.61 Å². The summed E-state index contributed by atoms with van der Waals surface area (Å²) in [5, 5.41) is 3.59. The van der Waals surface area contributed by atoms with Crippen LogP contribution in [-0.2, 0) is 6.61 Å². The molecule has 0 aromatic heterocycles. The van der Waals surface area contributed by atoms with Gasteiger partial charge in [0.05, 0.1) is 13.3 Å². The van der Waals surface area contributed by atoms with Gasteiger partial charge in [0.1, 0.15) is 12.3 Å².